The summed E-state index contributed by atoms with van der Waals surface area (Å²) in [7, 11) is 0. The molecule has 1 aromatic carbocycles. The van der Waals surface area contributed by atoms with Crippen LogP contribution in [0.2, 0.25) is 5.02 Å². The summed E-state index contributed by atoms with van der Waals surface area (Å²) in [4.78, 5) is 10.7. The predicted molar refractivity (Wildman–Crippen MR) is 62.1 cm³/mol. The lowest BCUT2D eigenvalue weighted by Crippen LogP contribution is -2.22. The molecule has 0 radical (unpaired) electrons. The molecule has 3 N–H and O–H groups in total. The van der Waals surface area contributed by atoms with E-state index in [1.807, 2.05) is 6.92 Å². The minimum atomic E-state index is -0.881. The largest absolute Gasteiger partial charge is 0.364 e. The number of carbonyl (C=O) groups is 1. The number of nitriles is 1. The lowest BCUT2D eigenvalue weighted by molar-refractivity contribution is -0.111. The van der Waals surface area contributed by atoms with Gasteiger partial charge in [-0.15, -0.1) is 0 Å². The van der Waals surface area contributed by atoms with Crippen molar-refractivity contribution in [2.24, 2.45) is 10.8 Å². The molecule has 0 aromatic heterocycles. The van der Waals surface area contributed by atoms with Gasteiger partial charge in [0.2, 0.25) is 5.71 Å². The highest BCUT2D eigenvalue weighted by Crippen LogP contribution is 2.19. The normalized spacial score (nSPS) is 10.7. The lowest BCUT2D eigenvalue weighted by atomic mass is 10.2. The van der Waals surface area contributed by atoms with Gasteiger partial charge in [-0.3, -0.25) is 10.2 Å². The number of rotatable bonds is 3. The van der Waals surface area contributed by atoms with Gasteiger partial charge in [0.15, 0.2) is 0 Å². The summed E-state index contributed by atoms with van der Waals surface area (Å²) in [6, 6.07) is 6.72. The van der Waals surface area contributed by atoms with Gasteiger partial charge in [0, 0.05) is 5.02 Å². The van der Waals surface area contributed by atoms with Crippen LogP contribution < -0.4 is 11.2 Å². The molecule has 0 aliphatic rings. The maximum absolute atomic E-state index is 10.7. The number of hydrogen-bond donors (Lipinski definition) is 2. The Hall–Kier alpha value is -2.06. The number of hydrogen-bond acceptors (Lipinski definition) is 4. The van der Waals surface area contributed by atoms with E-state index in [0.29, 0.717) is 10.7 Å². The van der Waals surface area contributed by atoms with Crippen molar-refractivity contribution in [1.29, 1.82) is 5.26 Å². The van der Waals surface area contributed by atoms with E-state index < -0.39 is 11.6 Å². The van der Waals surface area contributed by atoms with Crippen LogP contribution in [0.5, 0.6) is 0 Å². The fourth-order valence-electron chi connectivity index (χ4n) is 0.918. The van der Waals surface area contributed by atoms with E-state index in [4.69, 9.17) is 22.6 Å². The third kappa shape index (κ3) is 2.97. The molecule has 6 heteroatoms. The monoisotopic (exact) mass is 236 g/mol. The number of nitrogens with zero attached hydrogens (tertiary/aromatic N) is 2. The SMILES string of the molecule is Cc1ccc(N/N=C(\C#N)C(N)=O)cc1Cl. The van der Waals surface area contributed by atoms with E-state index in [1.54, 1.807) is 24.3 Å². The molecule has 0 atom stereocenters. The quantitative estimate of drug-likeness (QED) is 0.614. The summed E-state index contributed by atoms with van der Waals surface area (Å²) in [6.45, 7) is 1.86. The van der Waals surface area contributed by atoms with Crippen LogP contribution in [0.3, 0.4) is 0 Å². The number of nitrogens with one attached hydrogen (secondary N) is 1. The molecule has 0 heterocycles. The van der Waals surface area contributed by atoms with Crippen LogP contribution >= 0.6 is 11.6 Å². The second-order valence-corrected chi connectivity index (χ2v) is 3.42. The van der Waals surface area contributed by atoms with Gasteiger partial charge in [-0.25, -0.2) is 0 Å². The average Bonchev–Trinajstić information content (AvgIpc) is 2.23. The third-order valence-corrected chi connectivity index (χ3v) is 2.22. The fraction of sp³-hybridized carbons (Fsp3) is 0.100. The predicted octanol–water partition coefficient (Wildman–Crippen LogP) is 1.43. The first-order valence-electron chi connectivity index (χ1n) is 4.34. The molecule has 1 amide bonds. The molecule has 0 fully saturated rings. The van der Waals surface area contributed by atoms with Gasteiger partial charge in [-0.1, -0.05) is 17.7 Å². The fourth-order valence-corrected chi connectivity index (χ4v) is 1.10. The molecule has 5 nitrogen and oxygen atoms in total. The van der Waals surface area contributed by atoms with Crippen LogP contribution in [0.1, 0.15) is 5.56 Å². The van der Waals surface area contributed by atoms with Gasteiger partial charge in [0.25, 0.3) is 5.91 Å². The molecule has 0 unspecified atom stereocenters. The van der Waals surface area contributed by atoms with Crippen LogP contribution in [0.4, 0.5) is 5.69 Å². The van der Waals surface area contributed by atoms with Crippen molar-refractivity contribution < 1.29 is 4.79 Å². The molecule has 1 rings (SSSR count). The van der Waals surface area contributed by atoms with Crippen molar-refractivity contribution >= 4 is 28.9 Å². The Morgan fingerprint density at radius 2 is 2.31 bits per heavy atom. The number of halogens is 1. The number of hydrazone groups is 1. The van der Waals surface area contributed by atoms with Crippen molar-refractivity contribution in [2.45, 2.75) is 6.92 Å². The van der Waals surface area contributed by atoms with Crippen LogP contribution in [-0.4, -0.2) is 11.6 Å². The molecule has 0 saturated heterocycles. The van der Waals surface area contributed by atoms with Crippen LogP contribution in [0.25, 0.3) is 0 Å². The highest BCUT2D eigenvalue weighted by Gasteiger charge is 2.04. The van der Waals surface area contributed by atoms with Gasteiger partial charge in [0.05, 0.1) is 5.69 Å². The van der Waals surface area contributed by atoms with E-state index in [1.165, 1.54) is 0 Å². The Morgan fingerprint density at radius 3 is 2.81 bits per heavy atom. The van der Waals surface area contributed by atoms with E-state index in [9.17, 15) is 4.79 Å². The summed E-state index contributed by atoms with van der Waals surface area (Å²) in [5.74, 6) is -0.881. The van der Waals surface area contributed by atoms with Crippen LogP contribution in [0.15, 0.2) is 23.3 Å². The van der Waals surface area contributed by atoms with Crippen molar-refractivity contribution in [1.82, 2.24) is 0 Å². The Labute approximate surface area is 97.5 Å². The molecule has 1 aromatic rings. The smallest absolute Gasteiger partial charge is 0.280 e. The van der Waals surface area contributed by atoms with Gasteiger partial charge in [-0.05, 0) is 24.6 Å². The minimum absolute atomic E-state index is 0.392. The molecular weight excluding hydrogens is 228 g/mol. The second-order valence-electron chi connectivity index (χ2n) is 3.01. The first-order valence-corrected chi connectivity index (χ1v) is 4.72. The second kappa shape index (κ2) is 5.14. The first kappa shape index (κ1) is 12.0. The average molecular weight is 237 g/mol. The molecule has 0 aliphatic heterocycles. The molecule has 16 heavy (non-hydrogen) atoms. The number of aryl methyl sites for hydroxylation is 1. The van der Waals surface area contributed by atoms with Crippen molar-refractivity contribution in [3.63, 3.8) is 0 Å². The maximum Gasteiger partial charge on any atom is 0.280 e. The molecule has 0 saturated carbocycles. The van der Waals surface area contributed by atoms with E-state index >= 15 is 0 Å². The van der Waals surface area contributed by atoms with Crippen LogP contribution in [0, 0.1) is 18.3 Å². The van der Waals surface area contributed by atoms with Crippen LogP contribution in [-0.2, 0) is 4.79 Å². The molecule has 82 valence electrons. The number of nitrogens with two attached hydrogens (primary N) is 1. The lowest BCUT2D eigenvalue weighted by Gasteiger charge is -2.02. The number of anilines is 1. The van der Waals surface area contributed by atoms with Crippen molar-refractivity contribution in [3.05, 3.63) is 28.8 Å². The van der Waals surface area contributed by atoms with E-state index in [-0.39, 0.29) is 0 Å². The molecule has 0 bridgehead atoms. The number of amides is 1. The summed E-state index contributed by atoms with van der Waals surface area (Å²) in [6.07, 6.45) is 0. The maximum atomic E-state index is 10.7. The highest BCUT2D eigenvalue weighted by molar-refractivity contribution is 6.44. The van der Waals surface area contributed by atoms with Crippen molar-refractivity contribution in [2.75, 3.05) is 5.43 Å². The zero-order valence-corrected chi connectivity index (χ0v) is 9.25. The Kier molecular flexibility index (Phi) is 3.86. The zero-order chi connectivity index (χ0) is 12.1. The highest BCUT2D eigenvalue weighted by atomic mass is 35.5. The van der Waals surface area contributed by atoms with Gasteiger partial charge in [0.1, 0.15) is 6.07 Å². The zero-order valence-electron chi connectivity index (χ0n) is 8.49. The standard InChI is InChI=1S/C10H9ClN4O/c1-6-2-3-7(4-8(6)11)14-15-9(5-12)10(13)16/h2-4,14H,1H3,(H2,13,16)/b15-9+. The molecule has 0 aliphatic carbocycles. The Bertz CT molecular complexity index is 490. The van der Waals surface area contributed by atoms with Crippen molar-refractivity contribution in [3.8, 4) is 6.07 Å². The summed E-state index contributed by atoms with van der Waals surface area (Å²) in [5, 5.41) is 12.6. The van der Waals surface area contributed by atoms with Gasteiger partial charge < -0.3 is 5.73 Å². The summed E-state index contributed by atoms with van der Waals surface area (Å²) in [5.41, 5.74) is 8.54. The van der Waals surface area contributed by atoms with Gasteiger partial charge in [-0.2, -0.15) is 10.4 Å². The van der Waals surface area contributed by atoms with E-state index in [0.717, 1.165) is 5.56 Å². The summed E-state index contributed by atoms with van der Waals surface area (Å²) < 4.78 is 0. The number of carbonyl (C=O) groups excluding carboxylic acids is 1. The minimum Gasteiger partial charge on any atom is -0.364 e. The molecular formula is C10H9ClN4O. The summed E-state index contributed by atoms with van der Waals surface area (Å²) >= 11 is 5.88. The Balaban J connectivity index is 2.86. The Morgan fingerprint density at radius 1 is 1.62 bits per heavy atom. The first-order chi connectivity index (χ1) is 7.54. The number of benzene rings is 1. The molecule has 0 spiro atoms. The van der Waals surface area contributed by atoms with E-state index in [2.05, 4.69) is 10.5 Å². The van der Waals surface area contributed by atoms with Gasteiger partial charge >= 0.3 is 0 Å². The number of primary amides is 1. The third-order valence-electron chi connectivity index (χ3n) is 1.81. The topological polar surface area (TPSA) is 91.3 Å².